The Hall–Kier alpha value is 0. The van der Waals surface area contributed by atoms with E-state index < -0.39 is 0 Å². The van der Waals surface area contributed by atoms with Crippen molar-refractivity contribution in [1.82, 2.24) is 0 Å². The van der Waals surface area contributed by atoms with Crippen molar-refractivity contribution in [3.63, 3.8) is 0 Å². The van der Waals surface area contributed by atoms with Gasteiger partial charge >= 0.3 is 0 Å². The minimum atomic E-state index is 0.791. The van der Waals surface area contributed by atoms with Crippen molar-refractivity contribution in [3.05, 3.63) is 0 Å². The van der Waals surface area contributed by atoms with Gasteiger partial charge < -0.3 is 0 Å². The average Bonchev–Trinajstić information content (AvgIpc) is 2.13. The zero-order valence-corrected chi connectivity index (χ0v) is 11.3. The summed E-state index contributed by atoms with van der Waals surface area (Å²) >= 11 is 0. The third kappa shape index (κ3) is 1.73. The molecule has 4 bridgehead atoms. The normalized spacial score (nSPS) is 47.6. The Morgan fingerprint density at radius 1 is 0.875 bits per heavy atom. The molecule has 4 rings (SSSR count). The average molecular weight is 220 g/mol. The maximum Gasteiger partial charge on any atom is -0.0264 e. The van der Waals surface area contributed by atoms with Crippen LogP contribution in [-0.4, -0.2) is 0 Å². The zero-order chi connectivity index (χ0) is 11.3. The highest BCUT2D eigenvalue weighted by Crippen LogP contribution is 2.63. The van der Waals surface area contributed by atoms with E-state index in [1.54, 1.807) is 38.5 Å². The van der Waals surface area contributed by atoms with Gasteiger partial charge in [0.1, 0.15) is 0 Å². The molecule has 0 aromatic heterocycles. The van der Waals surface area contributed by atoms with Crippen LogP contribution in [0.25, 0.3) is 0 Å². The SMILES string of the molecule is CC(C)CC(C)C12CC3CC(CC(C3)C1)C2. The molecule has 0 saturated heterocycles. The second-order valence-corrected chi connectivity index (χ2v) is 7.81. The first-order chi connectivity index (χ1) is 7.57. The van der Waals surface area contributed by atoms with Crippen LogP contribution in [0.4, 0.5) is 0 Å². The van der Waals surface area contributed by atoms with E-state index in [0.29, 0.717) is 0 Å². The maximum absolute atomic E-state index is 2.56. The zero-order valence-electron chi connectivity index (χ0n) is 11.3. The molecule has 4 aliphatic carbocycles. The summed E-state index contributed by atoms with van der Waals surface area (Å²) in [5.74, 6) is 5.26. The summed E-state index contributed by atoms with van der Waals surface area (Å²) in [7, 11) is 0. The lowest BCUT2D eigenvalue weighted by atomic mass is 9.46. The molecule has 0 heteroatoms. The van der Waals surface area contributed by atoms with Gasteiger partial charge in [0.05, 0.1) is 0 Å². The van der Waals surface area contributed by atoms with Crippen LogP contribution < -0.4 is 0 Å². The molecule has 0 nitrogen and oxygen atoms in total. The van der Waals surface area contributed by atoms with Gasteiger partial charge in [0, 0.05) is 0 Å². The predicted octanol–water partition coefficient (Wildman–Crippen LogP) is 4.89. The van der Waals surface area contributed by atoms with Crippen LogP contribution in [0.3, 0.4) is 0 Å². The van der Waals surface area contributed by atoms with E-state index in [1.165, 1.54) is 6.42 Å². The number of rotatable bonds is 3. The molecule has 4 aliphatic rings. The summed E-state index contributed by atoms with van der Waals surface area (Å²) in [6.45, 7) is 7.36. The minimum absolute atomic E-state index is 0.791. The fraction of sp³-hybridized carbons (Fsp3) is 1.00. The minimum Gasteiger partial charge on any atom is -0.0628 e. The van der Waals surface area contributed by atoms with Gasteiger partial charge in [0.2, 0.25) is 0 Å². The maximum atomic E-state index is 2.56. The molecule has 0 heterocycles. The van der Waals surface area contributed by atoms with Gasteiger partial charge in [0.25, 0.3) is 0 Å². The highest BCUT2D eigenvalue weighted by atomic mass is 14.6. The predicted molar refractivity (Wildman–Crippen MR) is 69.2 cm³/mol. The summed E-state index contributed by atoms with van der Waals surface area (Å²) in [5, 5.41) is 0. The molecule has 4 fully saturated rings. The molecule has 4 saturated carbocycles. The van der Waals surface area contributed by atoms with E-state index in [0.717, 1.165) is 35.0 Å². The first-order valence-corrected chi connectivity index (χ1v) is 7.57. The molecule has 0 amide bonds. The lowest BCUT2D eigenvalue weighted by Crippen LogP contribution is -2.49. The smallest absolute Gasteiger partial charge is 0.0264 e. The second-order valence-electron chi connectivity index (χ2n) is 7.81. The van der Waals surface area contributed by atoms with Crippen molar-refractivity contribution >= 4 is 0 Å². The van der Waals surface area contributed by atoms with Crippen molar-refractivity contribution in [2.75, 3.05) is 0 Å². The lowest BCUT2D eigenvalue weighted by molar-refractivity contribution is -0.0869. The molecule has 0 aromatic carbocycles. The Morgan fingerprint density at radius 2 is 1.31 bits per heavy atom. The van der Waals surface area contributed by atoms with Crippen LogP contribution in [-0.2, 0) is 0 Å². The molecular weight excluding hydrogens is 192 g/mol. The molecule has 1 unspecified atom stereocenters. The summed E-state index contributed by atoms with van der Waals surface area (Å²) in [5.41, 5.74) is 0.791. The third-order valence-electron chi connectivity index (χ3n) is 5.96. The number of hydrogen-bond donors (Lipinski definition) is 0. The molecule has 16 heavy (non-hydrogen) atoms. The second kappa shape index (κ2) is 3.75. The Labute approximate surface area is 101 Å². The Bertz CT molecular complexity index is 228. The largest absolute Gasteiger partial charge is 0.0628 e. The molecule has 0 aromatic rings. The van der Waals surface area contributed by atoms with Crippen LogP contribution >= 0.6 is 0 Å². The van der Waals surface area contributed by atoms with Crippen LogP contribution in [0.15, 0.2) is 0 Å². The first kappa shape index (κ1) is 11.1. The van der Waals surface area contributed by atoms with E-state index in [4.69, 9.17) is 0 Å². The summed E-state index contributed by atoms with van der Waals surface area (Å²) in [6, 6.07) is 0. The molecule has 92 valence electrons. The quantitative estimate of drug-likeness (QED) is 0.635. The molecule has 0 aliphatic heterocycles. The van der Waals surface area contributed by atoms with Gasteiger partial charge in [-0.1, -0.05) is 20.8 Å². The highest BCUT2D eigenvalue weighted by molar-refractivity contribution is 5.03. The van der Waals surface area contributed by atoms with Gasteiger partial charge in [0.15, 0.2) is 0 Å². The Morgan fingerprint density at radius 3 is 1.69 bits per heavy atom. The summed E-state index contributed by atoms with van der Waals surface area (Å²) < 4.78 is 0. The van der Waals surface area contributed by atoms with Crippen LogP contribution in [0.1, 0.15) is 65.7 Å². The molecule has 0 radical (unpaired) electrons. The van der Waals surface area contributed by atoms with Gasteiger partial charge in [-0.2, -0.15) is 0 Å². The van der Waals surface area contributed by atoms with E-state index in [9.17, 15) is 0 Å². The van der Waals surface area contributed by atoms with Gasteiger partial charge in [-0.3, -0.25) is 0 Å². The highest BCUT2D eigenvalue weighted by Gasteiger charge is 2.52. The van der Waals surface area contributed by atoms with Crippen molar-refractivity contribution < 1.29 is 0 Å². The first-order valence-electron chi connectivity index (χ1n) is 7.57. The van der Waals surface area contributed by atoms with Gasteiger partial charge in [-0.15, -0.1) is 0 Å². The lowest BCUT2D eigenvalue weighted by Gasteiger charge is -2.59. The van der Waals surface area contributed by atoms with Gasteiger partial charge in [-0.25, -0.2) is 0 Å². The standard InChI is InChI=1S/C16H28/c1-11(2)4-12(3)16-8-13-5-14(9-16)7-15(6-13)10-16/h11-15H,4-10H2,1-3H3. The van der Waals surface area contributed by atoms with E-state index in [1.807, 2.05) is 0 Å². The number of hydrogen-bond acceptors (Lipinski definition) is 0. The summed E-state index contributed by atoms with van der Waals surface area (Å²) in [4.78, 5) is 0. The van der Waals surface area contributed by atoms with Crippen LogP contribution in [0, 0.1) is 35.0 Å². The molecular formula is C16H28. The fourth-order valence-corrected chi connectivity index (χ4v) is 5.74. The van der Waals surface area contributed by atoms with Crippen molar-refractivity contribution in [2.24, 2.45) is 35.0 Å². The van der Waals surface area contributed by atoms with Crippen LogP contribution in [0.5, 0.6) is 0 Å². The van der Waals surface area contributed by atoms with E-state index in [2.05, 4.69) is 20.8 Å². The monoisotopic (exact) mass is 220 g/mol. The van der Waals surface area contributed by atoms with Crippen molar-refractivity contribution in [1.29, 1.82) is 0 Å². The third-order valence-corrected chi connectivity index (χ3v) is 5.96. The van der Waals surface area contributed by atoms with E-state index in [-0.39, 0.29) is 0 Å². The Kier molecular flexibility index (Phi) is 2.60. The Balaban J connectivity index is 1.77. The van der Waals surface area contributed by atoms with E-state index >= 15 is 0 Å². The van der Waals surface area contributed by atoms with Crippen molar-refractivity contribution in [2.45, 2.75) is 65.7 Å². The van der Waals surface area contributed by atoms with Crippen LogP contribution in [0.2, 0.25) is 0 Å². The topological polar surface area (TPSA) is 0 Å². The molecule has 0 spiro atoms. The van der Waals surface area contributed by atoms with Gasteiger partial charge in [-0.05, 0) is 80.0 Å². The molecule has 1 atom stereocenters. The summed E-state index contributed by atoms with van der Waals surface area (Å²) in [6.07, 6.45) is 11.0. The fourth-order valence-electron chi connectivity index (χ4n) is 5.74. The molecule has 0 N–H and O–H groups in total. The van der Waals surface area contributed by atoms with Crippen molar-refractivity contribution in [3.8, 4) is 0 Å².